The summed E-state index contributed by atoms with van der Waals surface area (Å²) in [7, 11) is 0. The molecule has 82 valence electrons. The smallest absolute Gasteiger partial charge is 0.00952 e. The van der Waals surface area contributed by atoms with Crippen LogP contribution in [0.2, 0.25) is 0 Å². The molecule has 0 saturated heterocycles. The van der Waals surface area contributed by atoms with E-state index in [0.29, 0.717) is 0 Å². The van der Waals surface area contributed by atoms with E-state index < -0.39 is 0 Å². The minimum atomic E-state index is 0.840. The zero-order valence-electron chi connectivity index (χ0n) is 9.60. The molecule has 0 amide bonds. The number of nitrogens with one attached hydrogen (secondary N) is 1. The molecule has 2 aliphatic rings. The van der Waals surface area contributed by atoms with E-state index in [1.165, 1.54) is 57.8 Å². The SMILES string of the molecule is C[C@H]1CCCC[C@@H]1NC1CCCCC1. The monoisotopic (exact) mass is 195 g/mol. The lowest BCUT2D eigenvalue weighted by atomic mass is 9.84. The van der Waals surface area contributed by atoms with Crippen LogP contribution < -0.4 is 5.32 Å². The van der Waals surface area contributed by atoms with Crippen LogP contribution in [-0.2, 0) is 0 Å². The third-order valence-electron chi connectivity index (χ3n) is 4.17. The highest BCUT2D eigenvalue weighted by Crippen LogP contribution is 2.26. The largest absolute Gasteiger partial charge is 0.311 e. The highest BCUT2D eigenvalue weighted by atomic mass is 15.0. The summed E-state index contributed by atoms with van der Waals surface area (Å²) in [5.74, 6) is 0.922. The van der Waals surface area contributed by atoms with Crippen molar-refractivity contribution in [3.05, 3.63) is 0 Å². The molecule has 1 nitrogen and oxygen atoms in total. The molecule has 0 unspecified atom stereocenters. The highest BCUT2D eigenvalue weighted by molar-refractivity contribution is 4.83. The zero-order valence-corrected chi connectivity index (χ0v) is 9.60. The Bertz CT molecular complexity index is 161. The van der Waals surface area contributed by atoms with Crippen molar-refractivity contribution in [3.8, 4) is 0 Å². The fraction of sp³-hybridized carbons (Fsp3) is 1.00. The molecule has 2 atom stereocenters. The van der Waals surface area contributed by atoms with E-state index in [2.05, 4.69) is 12.2 Å². The Morgan fingerprint density at radius 1 is 0.786 bits per heavy atom. The summed E-state index contributed by atoms with van der Waals surface area (Å²) in [6.07, 6.45) is 13.0. The first-order valence-corrected chi connectivity index (χ1v) is 6.62. The van der Waals surface area contributed by atoms with Crippen molar-refractivity contribution in [2.75, 3.05) is 0 Å². The van der Waals surface area contributed by atoms with Gasteiger partial charge in [-0.05, 0) is 31.6 Å². The van der Waals surface area contributed by atoms with Gasteiger partial charge in [0.25, 0.3) is 0 Å². The Balaban J connectivity index is 1.76. The van der Waals surface area contributed by atoms with E-state index in [9.17, 15) is 0 Å². The van der Waals surface area contributed by atoms with Crippen molar-refractivity contribution in [1.82, 2.24) is 5.32 Å². The number of hydrogen-bond donors (Lipinski definition) is 1. The van der Waals surface area contributed by atoms with E-state index >= 15 is 0 Å². The minimum absolute atomic E-state index is 0.840. The standard InChI is InChI=1S/C13H25N/c1-11-7-5-6-10-13(11)14-12-8-3-2-4-9-12/h11-14H,2-10H2,1H3/t11-,13-/m0/s1. The predicted octanol–water partition coefficient (Wildman–Crippen LogP) is 3.49. The molecule has 14 heavy (non-hydrogen) atoms. The summed E-state index contributed by atoms with van der Waals surface area (Å²) in [5.41, 5.74) is 0. The second kappa shape index (κ2) is 5.16. The van der Waals surface area contributed by atoms with Crippen molar-refractivity contribution in [2.24, 2.45) is 5.92 Å². The van der Waals surface area contributed by atoms with Crippen molar-refractivity contribution in [2.45, 2.75) is 76.8 Å². The van der Waals surface area contributed by atoms with E-state index in [-0.39, 0.29) is 0 Å². The quantitative estimate of drug-likeness (QED) is 0.711. The Morgan fingerprint density at radius 3 is 2.14 bits per heavy atom. The maximum Gasteiger partial charge on any atom is 0.00952 e. The molecule has 2 rings (SSSR count). The van der Waals surface area contributed by atoms with Gasteiger partial charge in [-0.2, -0.15) is 0 Å². The van der Waals surface area contributed by atoms with Gasteiger partial charge >= 0.3 is 0 Å². The molecule has 0 heterocycles. The molecule has 0 bridgehead atoms. The molecule has 0 spiro atoms. The van der Waals surface area contributed by atoms with Gasteiger partial charge in [0, 0.05) is 12.1 Å². The molecule has 0 radical (unpaired) electrons. The van der Waals surface area contributed by atoms with Crippen LogP contribution in [0.3, 0.4) is 0 Å². The van der Waals surface area contributed by atoms with Gasteiger partial charge < -0.3 is 5.32 Å². The maximum absolute atomic E-state index is 3.91. The summed E-state index contributed by atoms with van der Waals surface area (Å²) in [6.45, 7) is 2.43. The minimum Gasteiger partial charge on any atom is -0.311 e. The molecule has 2 fully saturated rings. The Labute approximate surface area is 88.7 Å². The van der Waals surface area contributed by atoms with Crippen LogP contribution in [-0.4, -0.2) is 12.1 Å². The van der Waals surface area contributed by atoms with Crippen LogP contribution >= 0.6 is 0 Å². The van der Waals surface area contributed by atoms with Gasteiger partial charge in [0.05, 0.1) is 0 Å². The van der Waals surface area contributed by atoms with Crippen LogP contribution in [0.5, 0.6) is 0 Å². The first-order valence-electron chi connectivity index (χ1n) is 6.62. The molecule has 2 aliphatic carbocycles. The molecule has 0 aliphatic heterocycles. The van der Waals surface area contributed by atoms with Crippen molar-refractivity contribution >= 4 is 0 Å². The zero-order chi connectivity index (χ0) is 9.80. The Morgan fingerprint density at radius 2 is 1.43 bits per heavy atom. The van der Waals surface area contributed by atoms with Crippen LogP contribution in [0.25, 0.3) is 0 Å². The molecule has 0 aromatic carbocycles. The van der Waals surface area contributed by atoms with Crippen molar-refractivity contribution < 1.29 is 0 Å². The van der Waals surface area contributed by atoms with Gasteiger partial charge in [0.1, 0.15) is 0 Å². The average molecular weight is 195 g/mol. The van der Waals surface area contributed by atoms with Crippen LogP contribution in [0.15, 0.2) is 0 Å². The topological polar surface area (TPSA) is 12.0 Å². The third kappa shape index (κ3) is 2.73. The lowest BCUT2D eigenvalue weighted by Gasteiger charge is -2.34. The van der Waals surface area contributed by atoms with Crippen LogP contribution in [0, 0.1) is 5.92 Å². The molecule has 2 saturated carbocycles. The first-order chi connectivity index (χ1) is 6.86. The summed E-state index contributed by atoms with van der Waals surface area (Å²) in [6, 6.07) is 1.70. The number of rotatable bonds is 2. The molecular weight excluding hydrogens is 170 g/mol. The predicted molar refractivity (Wildman–Crippen MR) is 61.4 cm³/mol. The summed E-state index contributed by atoms with van der Waals surface area (Å²) >= 11 is 0. The van der Waals surface area contributed by atoms with Gasteiger partial charge in [-0.15, -0.1) is 0 Å². The van der Waals surface area contributed by atoms with Gasteiger partial charge in [-0.3, -0.25) is 0 Å². The van der Waals surface area contributed by atoms with Crippen LogP contribution in [0.1, 0.15) is 64.7 Å². The maximum atomic E-state index is 3.91. The molecular formula is C13H25N. The second-order valence-corrected chi connectivity index (χ2v) is 5.37. The normalized spacial score (nSPS) is 35.8. The first kappa shape index (κ1) is 10.5. The van der Waals surface area contributed by atoms with Gasteiger partial charge in [0.15, 0.2) is 0 Å². The number of hydrogen-bond acceptors (Lipinski definition) is 1. The van der Waals surface area contributed by atoms with Gasteiger partial charge in [0.2, 0.25) is 0 Å². The Kier molecular flexibility index (Phi) is 3.86. The van der Waals surface area contributed by atoms with E-state index in [0.717, 1.165) is 18.0 Å². The average Bonchev–Trinajstić information content (AvgIpc) is 2.23. The molecule has 0 aromatic heterocycles. The fourth-order valence-electron chi connectivity index (χ4n) is 3.14. The van der Waals surface area contributed by atoms with E-state index in [1.807, 2.05) is 0 Å². The van der Waals surface area contributed by atoms with Gasteiger partial charge in [-0.25, -0.2) is 0 Å². The van der Waals surface area contributed by atoms with E-state index in [4.69, 9.17) is 0 Å². The summed E-state index contributed by atoms with van der Waals surface area (Å²) in [4.78, 5) is 0. The molecule has 1 N–H and O–H groups in total. The summed E-state index contributed by atoms with van der Waals surface area (Å²) < 4.78 is 0. The van der Waals surface area contributed by atoms with Crippen molar-refractivity contribution in [1.29, 1.82) is 0 Å². The van der Waals surface area contributed by atoms with Gasteiger partial charge in [-0.1, -0.05) is 39.0 Å². The van der Waals surface area contributed by atoms with Crippen LogP contribution in [0.4, 0.5) is 0 Å². The molecule has 0 aromatic rings. The highest BCUT2D eigenvalue weighted by Gasteiger charge is 2.24. The third-order valence-corrected chi connectivity index (χ3v) is 4.17. The lowest BCUT2D eigenvalue weighted by Crippen LogP contribution is -2.44. The lowest BCUT2D eigenvalue weighted by molar-refractivity contribution is 0.235. The second-order valence-electron chi connectivity index (χ2n) is 5.37. The summed E-state index contributed by atoms with van der Waals surface area (Å²) in [5, 5.41) is 3.91. The van der Waals surface area contributed by atoms with E-state index in [1.54, 1.807) is 0 Å². The fourth-order valence-corrected chi connectivity index (χ4v) is 3.14. The molecule has 1 heteroatoms. The Hall–Kier alpha value is -0.0400. The van der Waals surface area contributed by atoms with Crippen molar-refractivity contribution in [3.63, 3.8) is 0 Å².